The highest BCUT2D eigenvalue weighted by molar-refractivity contribution is 7.07. The number of H-pyrrole nitrogens is 1. The lowest BCUT2D eigenvalue weighted by atomic mass is 10.1. The summed E-state index contributed by atoms with van der Waals surface area (Å²) in [5.41, 5.74) is 7.29. The molecule has 10 aromatic carbocycles. The minimum Gasteiger partial charge on any atom is -0.493 e. The van der Waals surface area contributed by atoms with Crippen LogP contribution in [0.25, 0.3) is 21.7 Å². The average Bonchev–Trinajstić information content (AvgIpc) is 1.68. The maximum atomic E-state index is 11.0. The molecule has 5 aromatic heterocycles. The molecule has 19 heteroatoms. The van der Waals surface area contributed by atoms with Gasteiger partial charge in [0.05, 0.1) is 37.1 Å². The lowest BCUT2D eigenvalue weighted by Crippen LogP contribution is -2.31. The second kappa shape index (κ2) is 47.6. The number of aromatic nitrogens is 3. The zero-order valence-corrected chi connectivity index (χ0v) is 61.7. The number of aryl methyl sites for hydroxylation is 1. The summed E-state index contributed by atoms with van der Waals surface area (Å²) in [6, 6.07) is 102. The standard InChI is InChI=1S/C10H8.C9H10O.C8H5NO2.C8H7NO.C8H8O2.C8H8O.C8H6O.C7H6N2O2.C7H6O2.C6H6.C5H5N.C4H5N.C4H4S.CH4/c1-2-6-10-8-4-3-7-9(10)5-1;1-2-6-9-8(4-1)5-3-7-10-9;10-7-5-3-1-2-4-6(5)8(11)9-7;10-8-7-4-2-1-3-6(7)5-9-8;1-2-4-8-7(3-1)9-5-6-10-8;2*1-2-4-8-7(3-1)5-6-9-8;10-7-9-4-5-6(11-7)2-1-3-8-5;1-2-4-7-6(3-1)8-5-9-7;2*1-2-4-6-5-3-1;2*1-2-4-5-3-1;/h1-8H;1-2,4,6H,3,5,7H2;1-4H,(H,9,10,11);1-4H,5H2,(H,9,10);1-4H,5-6H2;1-4H,5-6H2;1-6H;1-3H,4H2,(H,9,10);1-4H,5H2;1-6H;1-5H;1-5H;1-4H;1H4. The van der Waals surface area contributed by atoms with Gasteiger partial charge >= 0.3 is 6.09 Å². The van der Waals surface area contributed by atoms with E-state index in [1.165, 1.54) is 28.3 Å². The smallest absolute Gasteiger partial charge is 0.412 e. The molecule has 0 saturated carbocycles. The SMILES string of the molecule is C.O=C1NC(=O)c2ccccc21.O=C1NCc2ccccc21.O=C1NCc2ncccc2O1.c1cc[nH]c1.c1ccc2c(c1)CCCO2.c1ccc2c(c1)CCO2.c1ccc2c(c1)OCCO2.c1ccc2c(c1)OCO2.c1ccc2ccccc2c1.c1ccc2occc2c1.c1ccccc1.c1ccncc1.c1ccsc1. The minimum absolute atomic E-state index is 0. The number of hydrogen-bond donors (Lipinski definition) is 4. The third-order valence-corrected chi connectivity index (χ3v) is 16.7. The summed E-state index contributed by atoms with van der Waals surface area (Å²) in [5, 5.41) is 15.3. The van der Waals surface area contributed by atoms with Crippen LogP contribution in [-0.2, 0) is 25.9 Å². The number of nitrogens with zero attached hydrogens (tertiary/aromatic N) is 2. The van der Waals surface area contributed by atoms with E-state index in [4.69, 9.17) is 37.6 Å². The van der Waals surface area contributed by atoms with E-state index >= 15 is 0 Å². The second-order valence-electron chi connectivity index (χ2n) is 23.8. The molecule has 0 saturated heterocycles. The van der Waals surface area contributed by atoms with Crippen molar-refractivity contribution in [3.63, 3.8) is 0 Å². The van der Waals surface area contributed by atoms with E-state index in [0.717, 1.165) is 88.3 Å². The number of rotatable bonds is 0. The molecule has 0 fully saturated rings. The van der Waals surface area contributed by atoms with Crippen molar-refractivity contribution in [3.05, 3.63) is 403 Å². The molecule has 0 spiro atoms. The van der Waals surface area contributed by atoms with Crippen LogP contribution in [0.15, 0.2) is 368 Å². The summed E-state index contributed by atoms with van der Waals surface area (Å²) in [5.74, 6) is 5.55. The van der Waals surface area contributed by atoms with E-state index in [0.29, 0.717) is 50.0 Å². The maximum Gasteiger partial charge on any atom is 0.412 e. The topological polar surface area (TPSA) is 224 Å². The van der Waals surface area contributed by atoms with Crippen molar-refractivity contribution in [2.45, 2.75) is 39.8 Å². The number of furan rings is 1. The number of nitrogens with one attached hydrogen (secondary N) is 4. The Morgan fingerprint density at radius 2 is 0.795 bits per heavy atom. The third kappa shape index (κ3) is 27.9. The van der Waals surface area contributed by atoms with Crippen molar-refractivity contribution >= 4 is 56.9 Å². The van der Waals surface area contributed by atoms with Gasteiger partial charge in [0.25, 0.3) is 17.7 Å². The molecule has 4 N–H and O–H groups in total. The predicted octanol–water partition coefficient (Wildman–Crippen LogP) is 20.1. The Morgan fingerprint density at radius 3 is 1.28 bits per heavy atom. The van der Waals surface area contributed by atoms with E-state index in [2.05, 4.69) is 97.6 Å². The Hall–Kier alpha value is -14.0. The fraction of sp³-hybridized carbons (Fsp3) is 0.118. The first-order valence-corrected chi connectivity index (χ1v) is 36.8. The van der Waals surface area contributed by atoms with Gasteiger partial charge in [-0.15, -0.1) is 0 Å². The first-order valence-electron chi connectivity index (χ1n) is 35.9. The zero-order valence-electron chi connectivity index (χ0n) is 60.9. The Labute approximate surface area is 656 Å². The first-order chi connectivity index (χ1) is 54.8. The van der Waals surface area contributed by atoms with Gasteiger partial charge in [-0.25, -0.2) is 4.79 Å². The van der Waals surface area contributed by atoms with Crippen LogP contribution in [0.2, 0.25) is 0 Å². The molecule has 15 aromatic rings. The van der Waals surface area contributed by atoms with Crippen molar-refractivity contribution in [3.8, 4) is 40.2 Å². The van der Waals surface area contributed by atoms with Gasteiger partial charge in [-0.2, -0.15) is 11.3 Å². The van der Waals surface area contributed by atoms with Crippen LogP contribution in [0.5, 0.6) is 40.2 Å². The summed E-state index contributed by atoms with van der Waals surface area (Å²) in [6.07, 6.45) is 13.6. The van der Waals surface area contributed by atoms with Crippen LogP contribution in [0, 0.1) is 0 Å². The van der Waals surface area contributed by atoms with Crippen molar-refractivity contribution < 1.29 is 56.8 Å². The van der Waals surface area contributed by atoms with Gasteiger partial charge in [-0.1, -0.05) is 220 Å². The van der Waals surface area contributed by atoms with Gasteiger partial charge in [-0.05, 0) is 154 Å². The predicted molar refractivity (Wildman–Crippen MR) is 442 cm³/mol. The van der Waals surface area contributed by atoms with E-state index in [-0.39, 0.29) is 25.1 Å². The van der Waals surface area contributed by atoms with Gasteiger partial charge in [0.15, 0.2) is 28.7 Å². The highest BCUT2D eigenvalue weighted by atomic mass is 32.1. The monoisotopic (exact) mass is 1510 g/mol. The summed E-state index contributed by atoms with van der Waals surface area (Å²) >= 11 is 1.71. The highest BCUT2D eigenvalue weighted by Gasteiger charge is 2.25. The van der Waals surface area contributed by atoms with Crippen LogP contribution in [0.3, 0.4) is 0 Å². The molecule has 22 rings (SSSR count). The van der Waals surface area contributed by atoms with Crippen LogP contribution >= 0.6 is 11.3 Å². The molecule has 18 nitrogen and oxygen atoms in total. The molecule has 0 atom stereocenters. The van der Waals surface area contributed by atoms with Gasteiger partial charge < -0.3 is 53.2 Å². The molecular formula is C93H88N6O12S. The minimum atomic E-state index is -0.412. The lowest BCUT2D eigenvalue weighted by Gasteiger charge is -2.17. The molecule has 7 aliphatic rings. The second-order valence-corrected chi connectivity index (χ2v) is 24.6. The lowest BCUT2D eigenvalue weighted by molar-refractivity contribution is 0.0877. The number of hydrogen-bond acceptors (Lipinski definition) is 15. The quantitative estimate of drug-likeness (QED) is 0.104. The van der Waals surface area contributed by atoms with Crippen molar-refractivity contribution in [1.82, 2.24) is 30.9 Å². The molecule has 12 heterocycles. The fourth-order valence-electron chi connectivity index (χ4n) is 10.7. The Kier molecular flexibility index (Phi) is 34.9. The number of amides is 4. The van der Waals surface area contributed by atoms with Gasteiger partial charge in [0.1, 0.15) is 36.0 Å². The fourth-order valence-corrected chi connectivity index (χ4v) is 11.2. The van der Waals surface area contributed by atoms with E-state index in [1.54, 1.807) is 72.6 Å². The number of thiophene rings is 1. The van der Waals surface area contributed by atoms with Crippen molar-refractivity contribution in [1.29, 1.82) is 0 Å². The van der Waals surface area contributed by atoms with Gasteiger partial charge in [0, 0.05) is 54.9 Å². The Morgan fingerprint density at radius 1 is 0.339 bits per heavy atom. The summed E-state index contributed by atoms with van der Waals surface area (Å²) in [7, 11) is 0. The van der Waals surface area contributed by atoms with Crippen LogP contribution in [0.1, 0.15) is 67.3 Å². The van der Waals surface area contributed by atoms with Gasteiger partial charge in [-0.3, -0.25) is 29.7 Å². The molecule has 7 aliphatic heterocycles. The van der Waals surface area contributed by atoms with Crippen molar-refractivity contribution in [2.75, 3.05) is 33.2 Å². The molecule has 112 heavy (non-hydrogen) atoms. The van der Waals surface area contributed by atoms with E-state index in [1.807, 2.05) is 235 Å². The summed E-state index contributed by atoms with van der Waals surface area (Å²) in [6.45, 7) is 4.58. The molecule has 4 amide bonds. The molecule has 0 bridgehead atoms. The molecular weight excluding hydrogens is 1430 g/mol. The number of carbonyl (C=O) groups is 4. The van der Waals surface area contributed by atoms with Crippen LogP contribution in [-0.4, -0.2) is 72.0 Å². The number of imide groups is 1. The number of benzene rings is 10. The maximum absolute atomic E-state index is 11.0. The summed E-state index contributed by atoms with van der Waals surface area (Å²) in [4.78, 5) is 54.2. The Balaban J connectivity index is 0.000000140. The number of aromatic amines is 1. The van der Waals surface area contributed by atoms with Gasteiger partial charge in [0.2, 0.25) is 6.79 Å². The normalized spacial score (nSPS) is 12.5. The molecule has 0 aliphatic carbocycles. The first kappa shape index (κ1) is 82.0. The Bertz CT molecular complexity index is 4710. The molecule has 568 valence electrons. The number of ether oxygens (including phenoxy) is 7. The number of fused-ring (bicyclic) bond motifs is 9. The third-order valence-electron chi connectivity index (χ3n) is 16.1. The van der Waals surface area contributed by atoms with E-state index < -0.39 is 6.09 Å². The number of carbonyl (C=O) groups excluding carboxylic acids is 4. The number of pyridine rings is 2. The summed E-state index contributed by atoms with van der Waals surface area (Å²) < 4.78 is 41.4. The van der Waals surface area contributed by atoms with Crippen LogP contribution < -0.4 is 49.1 Å². The highest BCUT2D eigenvalue weighted by Crippen LogP contribution is 2.31. The number of para-hydroxylation sites is 7. The van der Waals surface area contributed by atoms with Crippen molar-refractivity contribution in [2.24, 2.45) is 0 Å². The molecule has 0 radical (unpaired) electrons. The molecule has 0 unspecified atom stereocenters. The average molecular weight is 1510 g/mol. The largest absolute Gasteiger partial charge is 0.493 e. The van der Waals surface area contributed by atoms with E-state index in [9.17, 15) is 19.2 Å². The van der Waals surface area contributed by atoms with Crippen LogP contribution in [0.4, 0.5) is 4.79 Å². The zero-order chi connectivity index (χ0) is 76.8.